The summed E-state index contributed by atoms with van der Waals surface area (Å²) in [4.78, 5) is 29.9. The summed E-state index contributed by atoms with van der Waals surface area (Å²) in [6.07, 6.45) is 5.71. The van der Waals surface area contributed by atoms with Gasteiger partial charge in [-0.2, -0.15) is 0 Å². The largest absolute Gasteiger partial charge is 0.478 e. The Morgan fingerprint density at radius 3 is 2.70 bits per heavy atom. The summed E-state index contributed by atoms with van der Waals surface area (Å²) < 4.78 is 0. The minimum Gasteiger partial charge on any atom is -0.478 e. The van der Waals surface area contributed by atoms with Crippen LogP contribution < -0.4 is 0 Å². The van der Waals surface area contributed by atoms with Gasteiger partial charge < -0.3 is 10.1 Å². The number of ketones is 1. The van der Waals surface area contributed by atoms with E-state index < -0.39 is 5.97 Å². The summed E-state index contributed by atoms with van der Waals surface area (Å²) in [7, 11) is 0. The second-order valence-electron chi connectivity index (χ2n) is 8.16. The first-order valence-corrected chi connectivity index (χ1v) is 10.5. The topological polar surface area (TPSA) is 73.4 Å². The van der Waals surface area contributed by atoms with Gasteiger partial charge in [-0.1, -0.05) is 30.3 Å². The molecule has 3 aromatic rings. The molecule has 1 aliphatic heterocycles. The Morgan fingerprint density at radius 1 is 1.03 bits per heavy atom. The maximum atomic E-state index is 12.7. The lowest BCUT2D eigenvalue weighted by atomic mass is 9.98. The Morgan fingerprint density at radius 2 is 1.87 bits per heavy atom. The minimum absolute atomic E-state index is 0.199. The summed E-state index contributed by atoms with van der Waals surface area (Å²) in [5.74, 6) is -0.689. The fourth-order valence-electron chi connectivity index (χ4n) is 4.90. The molecular formula is C25H24N2O3. The monoisotopic (exact) mass is 400 g/mol. The number of hydrogen-bond acceptors (Lipinski definition) is 3. The van der Waals surface area contributed by atoms with E-state index in [0.717, 1.165) is 78.5 Å². The van der Waals surface area contributed by atoms with E-state index in [1.165, 1.54) is 5.57 Å². The summed E-state index contributed by atoms with van der Waals surface area (Å²) >= 11 is 0. The Hall–Kier alpha value is -3.18. The van der Waals surface area contributed by atoms with Gasteiger partial charge in [0.1, 0.15) is 0 Å². The van der Waals surface area contributed by atoms with Crippen LogP contribution in [0.25, 0.3) is 16.5 Å². The number of carboxylic acid groups (broad SMARTS) is 1. The normalized spacial score (nSPS) is 16.2. The Labute approximate surface area is 175 Å². The van der Waals surface area contributed by atoms with Crippen molar-refractivity contribution in [3.63, 3.8) is 0 Å². The highest BCUT2D eigenvalue weighted by molar-refractivity contribution is 6.21. The summed E-state index contributed by atoms with van der Waals surface area (Å²) in [5, 5.41) is 10.3. The number of rotatable bonds is 6. The van der Waals surface area contributed by atoms with Crippen LogP contribution in [0.1, 0.15) is 51.1 Å². The quantitative estimate of drug-likeness (QED) is 0.596. The highest BCUT2D eigenvalue weighted by Crippen LogP contribution is 2.37. The lowest BCUT2D eigenvalue weighted by Gasteiger charge is -2.27. The van der Waals surface area contributed by atoms with E-state index in [9.17, 15) is 14.7 Å². The van der Waals surface area contributed by atoms with Gasteiger partial charge in [0.2, 0.25) is 0 Å². The van der Waals surface area contributed by atoms with Crippen LogP contribution in [-0.4, -0.2) is 46.4 Å². The molecule has 152 valence electrons. The van der Waals surface area contributed by atoms with Crippen molar-refractivity contribution in [2.75, 3.05) is 19.6 Å². The van der Waals surface area contributed by atoms with Gasteiger partial charge in [0, 0.05) is 41.3 Å². The molecule has 0 bridgehead atoms. The SMILES string of the molecule is O=C1C2=C(CCN(CCCCc3c[nH]c4cccc(C(=O)O)c34)C2)c2ccccc21. The highest BCUT2D eigenvalue weighted by atomic mass is 16.4. The number of Topliss-reactive ketones (excluding diaryl/α,β-unsaturated/α-hetero) is 1. The minimum atomic E-state index is -0.888. The Bertz CT molecular complexity index is 1190. The van der Waals surface area contributed by atoms with Crippen molar-refractivity contribution >= 4 is 28.2 Å². The third kappa shape index (κ3) is 3.15. The average Bonchev–Trinajstić information content (AvgIpc) is 3.30. The molecule has 0 fully saturated rings. The van der Waals surface area contributed by atoms with Crippen molar-refractivity contribution in [2.24, 2.45) is 0 Å². The van der Waals surface area contributed by atoms with E-state index in [0.29, 0.717) is 5.56 Å². The number of nitrogens with zero attached hydrogens (tertiary/aromatic N) is 1. The van der Waals surface area contributed by atoms with Gasteiger partial charge >= 0.3 is 5.97 Å². The summed E-state index contributed by atoms with van der Waals surface area (Å²) in [5.41, 5.74) is 6.51. The van der Waals surface area contributed by atoms with Crippen LogP contribution >= 0.6 is 0 Å². The number of unbranched alkanes of at least 4 members (excludes halogenated alkanes) is 1. The molecule has 2 N–H and O–H groups in total. The van der Waals surface area contributed by atoms with Crippen molar-refractivity contribution in [2.45, 2.75) is 25.7 Å². The zero-order chi connectivity index (χ0) is 20.7. The van der Waals surface area contributed by atoms with Crippen LogP contribution in [0.5, 0.6) is 0 Å². The van der Waals surface area contributed by atoms with Crippen LogP contribution in [0.15, 0.2) is 54.2 Å². The molecular weight excluding hydrogens is 376 g/mol. The number of benzene rings is 2. The summed E-state index contributed by atoms with van der Waals surface area (Å²) in [6.45, 7) is 2.67. The molecule has 0 unspecified atom stereocenters. The van der Waals surface area contributed by atoms with Crippen molar-refractivity contribution in [1.29, 1.82) is 0 Å². The van der Waals surface area contributed by atoms with Crippen molar-refractivity contribution in [3.05, 3.63) is 76.5 Å². The first-order chi connectivity index (χ1) is 14.6. The van der Waals surface area contributed by atoms with Crippen LogP contribution in [0.3, 0.4) is 0 Å². The number of fused-ring (bicyclic) bond motifs is 3. The molecule has 30 heavy (non-hydrogen) atoms. The van der Waals surface area contributed by atoms with E-state index >= 15 is 0 Å². The molecule has 2 heterocycles. The molecule has 0 saturated heterocycles. The number of aryl methyl sites for hydroxylation is 1. The second-order valence-corrected chi connectivity index (χ2v) is 8.16. The molecule has 2 aliphatic rings. The number of aromatic nitrogens is 1. The average molecular weight is 400 g/mol. The molecule has 0 saturated carbocycles. The molecule has 5 rings (SSSR count). The van der Waals surface area contributed by atoms with Gasteiger partial charge in [0.05, 0.1) is 5.56 Å². The number of nitrogens with one attached hydrogen (secondary N) is 1. The molecule has 1 aliphatic carbocycles. The number of H-pyrrole nitrogens is 1. The summed E-state index contributed by atoms with van der Waals surface area (Å²) in [6, 6.07) is 13.3. The molecule has 0 radical (unpaired) electrons. The number of carbonyl (C=O) groups excluding carboxylic acids is 1. The van der Waals surface area contributed by atoms with Gasteiger partial charge in [-0.25, -0.2) is 4.79 Å². The Balaban J connectivity index is 1.20. The van der Waals surface area contributed by atoms with Crippen molar-refractivity contribution in [3.8, 4) is 0 Å². The smallest absolute Gasteiger partial charge is 0.336 e. The highest BCUT2D eigenvalue weighted by Gasteiger charge is 2.32. The van der Waals surface area contributed by atoms with E-state index in [1.54, 1.807) is 12.1 Å². The molecule has 0 atom stereocenters. The van der Waals surface area contributed by atoms with E-state index in [-0.39, 0.29) is 5.78 Å². The van der Waals surface area contributed by atoms with Crippen molar-refractivity contribution < 1.29 is 14.7 Å². The lowest BCUT2D eigenvalue weighted by Crippen LogP contribution is -2.33. The number of carbonyl (C=O) groups is 2. The molecule has 2 aromatic carbocycles. The number of aromatic carboxylic acids is 1. The van der Waals surface area contributed by atoms with Crippen molar-refractivity contribution in [1.82, 2.24) is 9.88 Å². The zero-order valence-electron chi connectivity index (χ0n) is 16.8. The van der Waals surface area contributed by atoms with Gasteiger partial charge in [-0.05, 0) is 61.1 Å². The molecule has 5 heteroatoms. The molecule has 1 aromatic heterocycles. The standard InChI is InChI=1S/C25H24N2O3/c28-24-19-8-2-1-7-17(19)18-11-13-27(15-21(18)24)12-4-3-6-16-14-26-22-10-5-9-20(23(16)22)25(29)30/h1-2,5,7-10,14,26H,3-4,6,11-13,15H2,(H,29,30). The Kier molecular flexibility index (Phi) is 4.75. The molecule has 0 spiro atoms. The van der Waals surface area contributed by atoms with Crippen LogP contribution in [0.4, 0.5) is 0 Å². The fraction of sp³-hybridized carbons (Fsp3) is 0.280. The van der Waals surface area contributed by atoms with Gasteiger partial charge in [0.15, 0.2) is 5.78 Å². The zero-order valence-corrected chi connectivity index (χ0v) is 16.8. The third-order valence-corrected chi connectivity index (χ3v) is 6.38. The number of carboxylic acids is 1. The second kappa shape index (κ2) is 7.58. The van der Waals surface area contributed by atoms with E-state index in [2.05, 4.69) is 16.0 Å². The van der Waals surface area contributed by atoms with Gasteiger partial charge in [-0.15, -0.1) is 0 Å². The molecule has 0 amide bonds. The fourth-order valence-corrected chi connectivity index (χ4v) is 4.90. The number of hydrogen-bond donors (Lipinski definition) is 2. The van der Waals surface area contributed by atoms with Crippen LogP contribution in [-0.2, 0) is 6.42 Å². The maximum absolute atomic E-state index is 12.7. The lowest BCUT2D eigenvalue weighted by molar-refractivity contribution is 0.0698. The van der Waals surface area contributed by atoms with Gasteiger partial charge in [0.25, 0.3) is 0 Å². The van der Waals surface area contributed by atoms with E-state index in [4.69, 9.17) is 0 Å². The van der Waals surface area contributed by atoms with Crippen LogP contribution in [0, 0.1) is 0 Å². The third-order valence-electron chi connectivity index (χ3n) is 6.38. The predicted octanol–water partition coefficient (Wildman–Crippen LogP) is 4.54. The first-order valence-electron chi connectivity index (χ1n) is 10.5. The van der Waals surface area contributed by atoms with E-state index in [1.807, 2.05) is 30.5 Å². The molecule has 5 nitrogen and oxygen atoms in total. The van der Waals surface area contributed by atoms with Crippen LogP contribution in [0.2, 0.25) is 0 Å². The maximum Gasteiger partial charge on any atom is 0.336 e. The van der Waals surface area contributed by atoms with Gasteiger partial charge in [-0.3, -0.25) is 9.69 Å². The predicted molar refractivity (Wildman–Crippen MR) is 117 cm³/mol. The first kappa shape index (κ1) is 18.8. The number of aromatic amines is 1.